The average Bonchev–Trinajstić information content (AvgIpc) is 3.05. The second-order valence-corrected chi connectivity index (χ2v) is 6.31. The van der Waals surface area contributed by atoms with Gasteiger partial charge in [-0.2, -0.15) is 0 Å². The summed E-state index contributed by atoms with van der Waals surface area (Å²) in [6.45, 7) is 3.93. The Morgan fingerprint density at radius 3 is 2.52 bits per heavy atom. The first-order valence-corrected chi connectivity index (χ1v) is 9.29. The van der Waals surface area contributed by atoms with Crippen molar-refractivity contribution in [2.24, 2.45) is 12.0 Å². The predicted octanol–water partition coefficient (Wildman–Crippen LogP) is 3.46. The number of nitrogens with zero attached hydrogens (tertiary/aromatic N) is 3. The zero-order chi connectivity index (χ0) is 19.9. The molecule has 0 atom stereocenters. The maximum Gasteiger partial charge on any atom is 0.191 e. The number of aryl methyl sites for hydroxylation is 1. The number of fused-ring (bicyclic) bond motifs is 1. The lowest BCUT2D eigenvalue weighted by Crippen LogP contribution is -2.37. The van der Waals surface area contributed by atoms with Gasteiger partial charge in [-0.15, -0.1) is 24.0 Å². The van der Waals surface area contributed by atoms with Crippen molar-refractivity contribution in [1.29, 1.82) is 0 Å². The molecular weight excluding hydrogens is 481 g/mol. The molecule has 0 fully saturated rings. The fraction of sp³-hybridized carbons (Fsp3) is 0.333. The van der Waals surface area contributed by atoms with Crippen molar-refractivity contribution < 1.29 is 9.47 Å². The molecule has 8 heteroatoms. The highest BCUT2D eigenvalue weighted by atomic mass is 127. The van der Waals surface area contributed by atoms with Crippen molar-refractivity contribution in [2.45, 2.75) is 20.0 Å². The number of hydrogen-bond donors (Lipinski definition) is 2. The van der Waals surface area contributed by atoms with Gasteiger partial charge in [0.1, 0.15) is 5.82 Å². The molecule has 0 amide bonds. The summed E-state index contributed by atoms with van der Waals surface area (Å²) in [6, 6.07) is 13.9. The standard InChI is InChI=1S/C21H27N5O2.HI/c1-5-22-21(23-13-15-10-11-18(27-3)19(12-15)28-4)24-14-20-25-16-8-6-7-9-17(16)26(20)2;/h6-12H,5,13-14H2,1-4H3,(H2,22,23,24);1H. The Balaban J connectivity index is 0.00000300. The third kappa shape index (κ3) is 5.53. The first-order valence-electron chi connectivity index (χ1n) is 9.29. The number of para-hydroxylation sites is 2. The van der Waals surface area contributed by atoms with Gasteiger partial charge in [-0.3, -0.25) is 0 Å². The molecule has 0 spiro atoms. The number of methoxy groups -OCH3 is 2. The molecule has 0 saturated heterocycles. The zero-order valence-corrected chi connectivity index (χ0v) is 19.6. The molecule has 2 N–H and O–H groups in total. The molecule has 3 aromatic rings. The van der Waals surface area contributed by atoms with Crippen LogP contribution in [0.15, 0.2) is 47.5 Å². The fourth-order valence-electron chi connectivity index (χ4n) is 3.01. The first kappa shape index (κ1) is 22.8. The van der Waals surface area contributed by atoms with Crippen molar-refractivity contribution in [3.05, 3.63) is 53.9 Å². The van der Waals surface area contributed by atoms with Crippen LogP contribution in [-0.4, -0.2) is 36.3 Å². The molecule has 2 aromatic carbocycles. The minimum atomic E-state index is 0. The van der Waals surface area contributed by atoms with E-state index in [0.717, 1.165) is 34.9 Å². The molecule has 0 saturated carbocycles. The van der Waals surface area contributed by atoms with Gasteiger partial charge in [0.2, 0.25) is 0 Å². The maximum atomic E-state index is 5.36. The lowest BCUT2D eigenvalue weighted by Gasteiger charge is -2.12. The van der Waals surface area contributed by atoms with Crippen LogP contribution in [0.3, 0.4) is 0 Å². The van der Waals surface area contributed by atoms with Crippen LogP contribution < -0.4 is 20.1 Å². The van der Waals surface area contributed by atoms with Gasteiger partial charge in [-0.25, -0.2) is 9.98 Å². The summed E-state index contributed by atoms with van der Waals surface area (Å²) in [6.07, 6.45) is 0. The van der Waals surface area contributed by atoms with Crippen LogP contribution in [0.25, 0.3) is 11.0 Å². The highest BCUT2D eigenvalue weighted by Gasteiger charge is 2.08. The number of guanidine groups is 1. The summed E-state index contributed by atoms with van der Waals surface area (Å²) in [4.78, 5) is 9.37. The minimum absolute atomic E-state index is 0. The summed E-state index contributed by atoms with van der Waals surface area (Å²) in [7, 11) is 5.29. The summed E-state index contributed by atoms with van der Waals surface area (Å²) in [5.41, 5.74) is 3.15. The van der Waals surface area contributed by atoms with E-state index in [1.807, 2.05) is 50.4 Å². The van der Waals surface area contributed by atoms with Crippen molar-refractivity contribution in [1.82, 2.24) is 20.2 Å². The number of nitrogens with one attached hydrogen (secondary N) is 2. The number of aliphatic imine (C=N–C) groups is 1. The number of hydrogen-bond acceptors (Lipinski definition) is 4. The summed E-state index contributed by atoms with van der Waals surface area (Å²) >= 11 is 0. The van der Waals surface area contributed by atoms with E-state index in [9.17, 15) is 0 Å². The van der Waals surface area contributed by atoms with Crippen molar-refractivity contribution in [3.8, 4) is 11.5 Å². The molecule has 1 heterocycles. The highest BCUT2D eigenvalue weighted by molar-refractivity contribution is 14.0. The van der Waals surface area contributed by atoms with Gasteiger partial charge in [-0.1, -0.05) is 18.2 Å². The SMILES string of the molecule is CCNC(=NCc1ccc(OC)c(OC)c1)NCc1nc2ccccc2n1C.I. The predicted molar refractivity (Wildman–Crippen MR) is 127 cm³/mol. The number of ether oxygens (including phenoxy) is 2. The molecule has 0 aliphatic heterocycles. The molecular formula is C21H28IN5O2. The van der Waals surface area contributed by atoms with Gasteiger partial charge < -0.3 is 24.7 Å². The van der Waals surface area contributed by atoms with Gasteiger partial charge in [0.05, 0.1) is 38.3 Å². The Labute approximate surface area is 188 Å². The normalized spacial score (nSPS) is 11.1. The van der Waals surface area contributed by atoms with E-state index in [1.54, 1.807) is 14.2 Å². The molecule has 29 heavy (non-hydrogen) atoms. The molecule has 7 nitrogen and oxygen atoms in total. The molecule has 0 radical (unpaired) electrons. The average molecular weight is 509 g/mol. The molecule has 156 valence electrons. The third-order valence-electron chi connectivity index (χ3n) is 4.51. The van der Waals surface area contributed by atoms with E-state index in [0.29, 0.717) is 24.6 Å². The fourth-order valence-corrected chi connectivity index (χ4v) is 3.01. The van der Waals surface area contributed by atoms with E-state index in [-0.39, 0.29) is 24.0 Å². The number of halogens is 1. The molecule has 1 aromatic heterocycles. The highest BCUT2D eigenvalue weighted by Crippen LogP contribution is 2.27. The summed E-state index contributed by atoms with van der Waals surface area (Å²) in [5.74, 6) is 3.11. The number of aromatic nitrogens is 2. The third-order valence-corrected chi connectivity index (χ3v) is 4.51. The molecule has 0 aliphatic carbocycles. The molecule has 0 unspecified atom stereocenters. The zero-order valence-electron chi connectivity index (χ0n) is 17.2. The van der Waals surface area contributed by atoms with Gasteiger partial charge in [-0.05, 0) is 36.8 Å². The minimum Gasteiger partial charge on any atom is -0.493 e. The van der Waals surface area contributed by atoms with Gasteiger partial charge in [0.25, 0.3) is 0 Å². The maximum absolute atomic E-state index is 5.36. The van der Waals surface area contributed by atoms with Gasteiger partial charge in [0, 0.05) is 13.6 Å². The van der Waals surface area contributed by atoms with Crippen LogP contribution in [0.5, 0.6) is 11.5 Å². The van der Waals surface area contributed by atoms with Crippen molar-refractivity contribution in [2.75, 3.05) is 20.8 Å². The lowest BCUT2D eigenvalue weighted by molar-refractivity contribution is 0.354. The van der Waals surface area contributed by atoms with E-state index in [4.69, 9.17) is 14.5 Å². The summed E-state index contributed by atoms with van der Waals surface area (Å²) < 4.78 is 12.7. The Morgan fingerprint density at radius 2 is 1.83 bits per heavy atom. The monoisotopic (exact) mass is 509 g/mol. The number of benzene rings is 2. The first-order chi connectivity index (χ1) is 13.7. The van der Waals surface area contributed by atoms with Gasteiger partial charge >= 0.3 is 0 Å². The topological polar surface area (TPSA) is 72.7 Å². The van der Waals surface area contributed by atoms with E-state index >= 15 is 0 Å². The Kier molecular flexibility index (Phi) is 8.56. The van der Waals surface area contributed by atoms with Crippen LogP contribution in [0.4, 0.5) is 0 Å². The lowest BCUT2D eigenvalue weighted by atomic mass is 10.2. The number of rotatable bonds is 7. The smallest absolute Gasteiger partial charge is 0.191 e. The second-order valence-electron chi connectivity index (χ2n) is 6.31. The number of imidazole rings is 1. The summed E-state index contributed by atoms with van der Waals surface area (Å²) in [5, 5.41) is 6.63. The van der Waals surface area contributed by atoms with Crippen LogP contribution in [0.2, 0.25) is 0 Å². The van der Waals surface area contributed by atoms with Crippen LogP contribution >= 0.6 is 24.0 Å². The van der Waals surface area contributed by atoms with Crippen molar-refractivity contribution >= 4 is 41.0 Å². The molecule has 0 bridgehead atoms. The van der Waals surface area contributed by atoms with E-state index < -0.39 is 0 Å². The quantitative estimate of drug-likeness (QED) is 0.290. The van der Waals surface area contributed by atoms with E-state index in [2.05, 4.69) is 26.3 Å². The Morgan fingerprint density at radius 1 is 1.07 bits per heavy atom. The van der Waals surface area contributed by atoms with Crippen LogP contribution in [0.1, 0.15) is 18.3 Å². The largest absolute Gasteiger partial charge is 0.493 e. The van der Waals surface area contributed by atoms with Crippen LogP contribution in [0, 0.1) is 0 Å². The van der Waals surface area contributed by atoms with E-state index in [1.165, 1.54) is 0 Å². The Bertz CT molecular complexity index is 971. The Hall–Kier alpha value is -2.49. The van der Waals surface area contributed by atoms with Crippen molar-refractivity contribution in [3.63, 3.8) is 0 Å². The molecule has 0 aliphatic rings. The van der Waals surface area contributed by atoms with Crippen LogP contribution in [-0.2, 0) is 20.1 Å². The van der Waals surface area contributed by atoms with Gasteiger partial charge in [0.15, 0.2) is 17.5 Å². The molecule has 3 rings (SSSR count). The second kappa shape index (κ2) is 10.9.